The summed E-state index contributed by atoms with van der Waals surface area (Å²) < 4.78 is 1.03. The van der Waals surface area contributed by atoms with E-state index in [1.165, 1.54) is 0 Å². The molecule has 0 bridgehead atoms. The van der Waals surface area contributed by atoms with E-state index in [4.69, 9.17) is 11.6 Å². The van der Waals surface area contributed by atoms with Crippen molar-refractivity contribution in [2.24, 2.45) is 0 Å². The molecule has 0 amide bonds. The molecule has 0 radical (unpaired) electrons. The highest BCUT2D eigenvalue weighted by molar-refractivity contribution is 9.10. The zero-order valence-electron chi connectivity index (χ0n) is 7.30. The molecule has 0 aliphatic carbocycles. The molecular formula is C10H8BrClN2. The van der Waals surface area contributed by atoms with Crippen LogP contribution in [0.4, 0.5) is 0 Å². The molecule has 0 aliphatic rings. The number of halogens is 2. The Kier molecular flexibility index (Phi) is 2.89. The van der Waals surface area contributed by atoms with Crippen molar-refractivity contribution in [1.29, 1.82) is 0 Å². The number of H-pyrrole nitrogens is 1. The molecule has 2 aromatic rings. The lowest BCUT2D eigenvalue weighted by Gasteiger charge is -1.98. The van der Waals surface area contributed by atoms with E-state index in [-0.39, 0.29) is 0 Å². The Morgan fingerprint density at radius 2 is 2.14 bits per heavy atom. The van der Waals surface area contributed by atoms with Gasteiger partial charge in [0, 0.05) is 10.0 Å². The molecule has 14 heavy (non-hydrogen) atoms. The minimum absolute atomic E-state index is 0.456. The van der Waals surface area contributed by atoms with Crippen molar-refractivity contribution >= 4 is 27.5 Å². The van der Waals surface area contributed by atoms with Crippen molar-refractivity contribution in [2.45, 2.75) is 5.88 Å². The second-order valence-electron chi connectivity index (χ2n) is 2.89. The molecule has 2 nitrogen and oxygen atoms in total. The number of benzene rings is 1. The van der Waals surface area contributed by atoms with Gasteiger partial charge in [-0.2, -0.15) is 5.10 Å². The zero-order valence-corrected chi connectivity index (χ0v) is 9.64. The van der Waals surface area contributed by atoms with Gasteiger partial charge in [0.15, 0.2) is 0 Å². The Labute approximate surface area is 95.4 Å². The second-order valence-corrected chi connectivity index (χ2v) is 4.01. The molecule has 1 N–H and O–H groups in total. The number of hydrogen-bond donors (Lipinski definition) is 1. The summed E-state index contributed by atoms with van der Waals surface area (Å²) in [6.45, 7) is 0. The maximum Gasteiger partial charge on any atom is 0.0935 e. The smallest absolute Gasteiger partial charge is 0.0935 e. The van der Waals surface area contributed by atoms with Crippen LogP contribution in [0.3, 0.4) is 0 Å². The molecule has 4 heteroatoms. The Morgan fingerprint density at radius 1 is 1.36 bits per heavy atom. The van der Waals surface area contributed by atoms with Gasteiger partial charge in [-0.1, -0.05) is 34.1 Å². The average Bonchev–Trinajstić information content (AvgIpc) is 2.67. The largest absolute Gasteiger partial charge is 0.281 e. The molecule has 0 spiro atoms. The first kappa shape index (κ1) is 9.74. The van der Waals surface area contributed by atoms with Gasteiger partial charge in [-0.05, 0) is 12.1 Å². The number of nitrogens with one attached hydrogen (secondary N) is 1. The molecule has 72 valence electrons. The number of alkyl halides is 1. The molecule has 2 rings (SSSR count). The first-order valence-corrected chi connectivity index (χ1v) is 5.49. The van der Waals surface area contributed by atoms with Gasteiger partial charge in [-0.15, -0.1) is 11.6 Å². The highest BCUT2D eigenvalue weighted by Crippen LogP contribution is 2.26. The second kappa shape index (κ2) is 4.15. The third-order valence-corrected chi connectivity index (χ3v) is 2.90. The molecule has 1 aromatic carbocycles. The summed E-state index contributed by atoms with van der Waals surface area (Å²) in [6, 6.07) is 9.91. The van der Waals surface area contributed by atoms with E-state index in [0.29, 0.717) is 5.88 Å². The van der Waals surface area contributed by atoms with E-state index in [2.05, 4.69) is 26.1 Å². The van der Waals surface area contributed by atoms with Gasteiger partial charge in [-0.3, -0.25) is 5.10 Å². The maximum absolute atomic E-state index is 5.68. The normalized spacial score (nSPS) is 10.4. The topological polar surface area (TPSA) is 28.7 Å². The molecule has 1 heterocycles. The first-order chi connectivity index (χ1) is 6.81. The summed E-state index contributed by atoms with van der Waals surface area (Å²) >= 11 is 9.16. The Morgan fingerprint density at radius 3 is 2.79 bits per heavy atom. The lowest BCUT2D eigenvalue weighted by molar-refractivity contribution is 1.04. The van der Waals surface area contributed by atoms with Crippen LogP contribution in [0.25, 0.3) is 11.3 Å². The number of aromatic amines is 1. The Hall–Kier alpha value is -0.800. The Balaban J connectivity index is 2.44. The van der Waals surface area contributed by atoms with Crippen LogP contribution in [0.15, 0.2) is 34.8 Å². The summed E-state index contributed by atoms with van der Waals surface area (Å²) in [7, 11) is 0. The van der Waals surface area contributed by atoms with E-state index >= 15 is 0 Å². The quantitative estimate of drug-likeness (QED) is 0.831. The molecule has 0 saturated heterocycles. The predicted octanol–water partition coefficient (Wildman–Crippen LogP) is 3.58. The van der Waals surface area contributed by atoms with E-state index in [0.717, 1.165) is 21.4 Å². The lowest BCUT2D eigenvalue weighted by atomic mass is 10.1. The number of nitrogens with zero attached hydrogens (tertiary/aromatic N) is 1. The fourth-order valence-electron chi connectivity index (χ4n) is 1.24. The molecular weight excluding hydrogens is 263 g/mol. The molecule has 0 atom stereocenters. The molecule has 1 aromatic heterocycles. The summed E-state index contributed by atoms with van der Waals surface area (Å²) in [5.74, 6) is 0.456. The average molecular weight is 272 g/mol. The Bertz CT molecular complexity index is 439. The fraction of sp³-hybridized carbons (Fsp3) is 0.100. The van der Waals surface area contributed by atoms with E-state index < -0.39 is 0 Å². The maximum atomic E-state index is 5.68. The van der Waals surface area contributed by atoms with E-state index in [9.17, 15) is 0 Å². The van der Waals surface area contributed by atoms with Crippen LogP contribution in [0.2, 0.25) is 0 Å². The highest BCUT2D eigenvalue weighted by atomic mass is 79.9. The van der Waals surface area contributed by atoms with E-state index in [1.54, 1.807) is 0 Å². The van der Waals surface area contributed by atoms with Crippen LogP contribution < -0.4 is 0 Å². The number of hydrogen-bond acceptors (Lipinski definition) is 1. The molecule has 0 unspecified atom stereocenters. The van der Waals surface area contributed by atoms with Gasteiger partial charge in [0.2, 0.25) is 0 Å². The zero-order chi connectivity index (χ0) is 9.97. The fourth-order valence-corrected chi connectivity index (χ4v) is 1.86. The van der Waals surface area contributed by atoms with Crippen molar-refractivity contribution in [2.75, 3.05) is 0 Å². The summed E-state index contributed by atoms with van der Waals surface area (Å²) in [5, 5.41) is 7.06. The van der Waals surface area contributed by atoms with Crippen LogP contribution in [-0.4, -0.2) is 10.2 Å². The number of rotatable bonds is 2. The highest BCUT2D eigenvalue weighted by Gasteiger charge is 2.05. The van der Waals surface area contributed by atoms with Gasteiger partial charge < -0.3 is 0 Å². The lowest BCUT2D eigenvalue weighted by Crippen LogP contribution is -1.78. The van der Waals surface area contributed by atoms with Crippen LogP contribution >= 0.6 is 27.5 Å². The molecule has 0 saturated carbocycles. The van der Waals surface area contributed by atoms with Gasteiger partial charge in [-0.25, -0.2) is 0 Å². The van der Waals surface area contributed by atoms with E-state index in [1.807, 2.05) is 30.3 Å². The third-order valence-electron chi connectivity index (χ3n) is 1.92. The summed E-state index contributed by atoms with van der Waals surface area (Å²) in [6.07, 6.45) is 0. The van der Waals surface area contributed by atoms with Crippen LogP contribution in [0.1, 0.15) is 5.69 Å². The monoisotopic (exact) mass is 270 g/mol. The van der Waals surface area contributed by atoms with Gasteiger partial charge >= 0.3 is 0 Å². The van der Waals surface area contributed by atoms with Gasteiger partial charge in [0.1, 0.15) is 0 Å². The van der Waals surface area contributed by atoms with Crippen molar-refractivity contribution in [3.8, 4) is 11.3 Å². The molecule has 0 fully saturated rings. The minimum atomic E-state index is 0.456. The van der Waals surface area contributed by atoms with Crippen LogP contribution in [-0.2, 0) is 5.88 Å². The van der Waals surface area contributed by atoms with Crippen LogP contribution in [0, 0.1) is 0 Å². The predicted molar refractivity (Wildman–Crippen MR) is 61.3 cm³/mol. The first-order valence-electron chi connectivity index (χ1n) is 4.16. The van der Waals surface area contributed by atoms with Gasteiger partial charge in [0.05, 0.1) is 17.3 Å². The third kappa shape index (κ3) is 1.83. The van der Waals surface area contributed by atoms with Crippen LogP contribution in [0.5, 0.6) is 0 Å². The minimum Gasteiger partial charge on any atom is -0.281 e. The summed E-state index contributed by atoms with van der Waals surface area (Å²) in [5.41, 5.74) is 2.91. The van der Waals surface area contributed by atoms with Crippen molar-refractivity contribution in [3.05, 3.63) is 40.5 Å². The standard InChI is InChI=1S/C10H8BrClN2/c11-9-4-2-1-3-8(9)10-5-7(6-12)13-14-10/h1-5H,6H2,(H,13,14). The number of aromatic nitrogens is 2. The van der Waals surface area contributed by atoms with Crippen molar-refractivity contribution in [1.82, 2.24) is 10.2 Å². The van der Waals surface area contributed by atoms with Crippen molar-refractivity contribution < 1.29 is 0 Å². The summed E-state index contributed by atoms with van der Waals surface area (Å²) in [4.78, 5) is 0. The van der Waals surface area contributed by atoms with Gasteiger partial charge in [0.25, 0.3) is 0 Å². The molecule has 0 aliphatic heterocycles. The SMILES string of the molecule is ClCc1cc(-c2ccccc2Br)n[nH]1. The van der Waals surface area contributed by atoms with Crippen molar-refractivity contribution in [3.63, 3.8) is 0 Å².